The molecule has 1 aromatic rings. The van der Waals surface area contributed by atoms with Crippen molar-refractivity contribution in [3.63, 3.8) is 0 Å². The number of nitrogens with zero attached hydrogens (tertiary/aromatic N) is 1. The number of halogens is 1. The number of hydrogen-bond acceptors (Lipinski definition) is 3. The Balaban J connectivity index is 2.03. The largest absolute Gasteiger partial charge is 0.369 e. The van der Waals surface area contributed by atoms with Crippen molar-refractivity contribution >= 4 is 17.3 Å². The molecule has 1 heterocycles. The molecule has 3 N–H and O–H groups in total. The molecular formula is C15H22FN3O. The Bertz CT molecular complexity index is 472. The topological polar surface area (TPSA) is 58.4 Å². The van der Waals surface area contributed by atoms with Gasteiger partial charge in [-0.05, 0) is 37.5 Å². The van der Waals surface area contributed by atoms with Crippen LogP contribution in [0.5, 0.6) is 0 Å². The van der Waals surface area contributed by atoms with Gasteiger partial charge in [-0.2, -0.15) is 0 Å². The lowest BCUT2D eigenvalue weighted by Gasteiger charge is -2.19. The molecule has 1 saturated heterocycles. The summed E-state index contributed by atoms with van der Waals surface area (Å²) in [6.45, 7) is 3.76. The molecule has 0 bridgehead atoms. The normalized spacial score (nSPS) is 16.2. The molecule has 5 heteroatoms. The van der Waals surface area contributed by atoms with Crippen molar-refractivity contribution in [2.24, 2.45) is 5.73 Å². The van der Waals surface area contributed by atoms with Crippen molar-refractivity contribution in [3.8, 4) is 0 Å². The third-order valence-electron chi connectivity index (χ3n) is 3.60. The van der Waals surface area contributed by atoms with Crippen LogP contribution >= 0.6 is 0 Å². The number of hydrogen-bond donors (Lipinski definition) is 2. The summed E-state index contributed by atoms with van der Waals surface area (Å²) in [5.74, 6) is -0.561. The van der Waals surface area contributed by atoms with Gasteiger partial charge in [0.15, 0.2) is 0 Å². The van der Waals surface area contributed by atoms with Crippen LogP contribution in [0.4, 0.5) is 15.8 Å². The number of nitrogens with two attached hydrogens (primary N) is 1. The quantitative estimate of drug-likeness (QED) is 0.870. The van der Waals surface area contributed by atoms with Gasteiger partial charge in [0.2, 0.25) is 5.91 Å². The third kappa shape index (κ3) is 3.48. The fourth-order valence-corrected chi connectivity index (χ4v) is 2.48. The van der Waals surface area contributed by atoms with Gasteiger partial charge in [0.25, 0.3) is 0 Å². The van der Waals surface area contributed by atoms with Gasteiger partial charge in [0.05, 0.1) is 11.7 Å². The highest BCUT2D eigenvalue weighted by Crippen LogP contribution is 2.26. The van der Waals surface area contributed by atoms with E-state index in [-0.39, 0.29) is 11.7 Å². The molecule has 1 aromatic carbocycles. The van der Waals surface area contributed by atoms with E-state index in [1.54, 1.807) is 12.1 Å². The highest BCUT2D eigenvalue weighted by molar-refractivity contribution is 5.94. The molecule has 1 aliphatic rings. The molecule has 2 rings (SSSR count). The van der Waals surface area contributed by atoms with Crippen LogP contribution in [0.3, 0.4) is 0 Å². The SMILES string of the molecule is CCC[C@@H](N)C(=O)Nc1ccc(N2CCCC2)c(F)c1. The number of benzene rings is 1. The predicted octanol–water partition coefficient (Wildman–Crippen LogP) is 2.49. The minimum atomic E-state index is -0.540. The van der Waals surface area contributed by atoms with Crippen LogP contribution in [0.1, 0.15) is 32.6 Å². The lowest BCUT2D eigenvalue weighted by atomic mass is 10.1. The van der Waals surface area contributed by atoms with E-state index in [0.717, 1.165) is 32.4 Å². The summed E-state index contributed by atoms with van der Waals surface area (Å²) in [5, 5.41) is 2.66. The van der Waals surface area contributed by atoms with Crippen molar-refractivity contribution in [1.82, 2.24) is 0 Å². The maximum Gasteiger partial charge on any atom is 0.241 e. The van der Waals surface area contributed by atoms with Crippen molar-refractivity contribution in [2.45, 2.75) is 38.6 Å². The maximum absolute atomic E-state index is 14.1. The van der Waals surface area contributed by atoms with E-state index in [2.05, 4.69) is 5.32 Å². The van der Waals surface area contributed by atoms with Gasteiger partial charge in [-0.3, -0.25) is 4.79 Å². The number of anilines is 2. The van der Waals surface area contributed by atoms with Gasteiger partial charge in [-0.15, -0.1) is 0 Å². The Morgan fingerprint density at radius 2 is 2.15 bits per heavy atom. The summed E-state index contributed by atoms with van der Waals surface area (Å²) in [6.07, 6.45) is 3.67. The highest BCUT2D eigenvalue weighted by atomic mass is 19.1. The summed E-state index contributed by atoms with van der Waals surface area (Å²) in [5.41, 5.74) is 6.80. The van der Waals surface area contributed by atoms with Gasteiger partial charge in [-0.1, -0.05) is 13.3 Å². The van der Waals surface area contributed by atoms with Crippen LogP contribution < -0.4 is 16.0 Å². The number of carbonyl (C=O) groups excluding carboxylic acids is 1. The first-order valence-corrected chi connectivity index (χ1v) is 7.22. The summed E-state index contributed by atoms with van der Waals surface area (Å²) in [7, 11) is 0. The van der Waals surface area contributed by atoms with E-state index < -0.39 is 6.04 Å². The van der Waals surface area contributed by atoms with Crippen LogP contribution in [0, 0.1) is 5.82 Å². The van der Waals surface area contributed by atoms with Gasteiger partial charge in [0, 0.05) is 18.8 Å². The Hall–Kier alpha value is -1.62. The first-order valence-electron chi connectivity index (χ1n) is 7.22. The van der Waals surface area contributed by atoms with E-state index >= 15 is 0 Å². The molecule has 0 saturated carbocycles. The number of carbonyl (C=O) groups is 1. The minimum Gasteiger partial charge on any atom is -0.369 e. The average Bonchev–Trinajstić information content (AvgIpc) is 2.93. The summed E-state index contributed by atoms with van der Waals surface area (Å²) >= 11 is 0. The van der Waals surface area contributed by atoms with Gasteiger partial charge in [0.1, 0.15) is 5.82 Å². The van der Waals surface area contributed by atoms with Crippen molar-refractivity contribution in [1.29, 1.82) is 0 Å². The van der Waals surface area contributed by atoms with Gasteiger partial charge >= 0.3 is 0 Å². The smallest absolute Gasteiger partial charge is 0.241 e. The van der Waals surface area contributed by atoms with Crippen LogP contribution in [0.15, 0.2) is 18.2 Å². The summed E-state index contributed by atoms with van der Waals surface area (Å²) < 4.78 is 14.1. The zero-order valence-corrected chi connectivity index (χ0v) is 11.9. The second kappa shape index (κ2) is 6.70. The maximum atomic E-state index is 14.1. The molecule has 0 unspecified atom stereocenters. The first-order chi connectivity index (χ1) is 9.61. The Morgan fingerprint density at radius 3 is 2.75 bits per heavy atom. The van der Waals surface area contributed by atoms with Gasteiger partial charge in [-0.25, -0.2) is 4.39 Å². The van der Waals surface area contributed by atoms with E-state index in [1.165, 1.54) is 6.07 Å². The summed E-state index contributed by atoms with van der Waals surface area (Å²) in [6, 6.07) is 4.28. The lowest BCUT2D eigenvalue weighted by molar-refractivity contribution is -0.117. The third-order valence-corrected chi connectivity index (χ3v) is 3.60. The second-order valence-electron chi connectivity index (χ2n) is 5.24. The standard InChI is InChI=1S/C15H22FN3O/c1-2-5-13(17)15(20)18-11-6-7-14(12(16)10-11)19-8-3-4-9-19/h6-7,10,13H,2-5,8-9,17H2,1H3,(H,18,20)/t13-/m1/s1. The minimum absolute atomic E-state index is 0.264. The van der Waals surface area contributed by atoms with Crippen LogP contribution in [0.2, 0.25) is 0 Å². The fourth-order valence-electron chi connectivity index (χ4n) is 2.48. The second-order valence-corrected chi connectivity index (χ2v) is 5.24. The number of amides is 1. The Kier molecular flexibility index (Phi) is 4.95. The molecule has 4 nitrogen and oxygen atoms in total. The molecule has 110 valence electrons. The lowest BCUT2D eigenvalue weighted by Crippen LogP contribution is -2.35. The zero-order valence-electron chi connectivity index (χ0n) is 11.9. The molecule has 0 aliphatic carbocycles. The van der Waals surface area contributed by atoms with Crippen LogP contribution in [0.25, 0.3) is 0 Å². The molecule has 1 atom stereocenters. The zero-order chi connectivity index (χ0) is 14.5. The molecule has 0 aromatic heterocycles. The van der Waals surface area contributed by atoms with Crippen molar-refractivity contribution < 1.29 is 9.18 Å². The summed E-state index contributed by atoms with van der Waals surface area (Å²) in [4.78, 5) is 13.8. The van der Waals surface area contributed by atoms with Crippen LogP contribution in [-0.4, -0.2) is 25.0 Å². The first kappa shape index (κ1) is 14.8. The van der Waals surface area contributed by atoms with Gasteiger partial charge < -0.3 is 16.0 Å². The van der Waals surface area contributed by atoms with Crippen molar-refractivity contribution in [3.05, 3.63) is 24.0 Å². The molecule has 1 amide bonds. The highest BCUT2D eigenvalue weighted by Gasteiger charge is 2.17. The van der Waals surface area contributed by atoms with Crippen LogP contribution in [-0.2, 0) is 4.79 Å². The number of nitrogens with one attached hydrogen (secondary N) is 1. The molecule has 1 fully saturated rings. The van der Waals surface area contributed by atoms with E-state index in [0.29, 0.717) is 17.8 Å². The fraction of sp³-hybridized carbons (Fsp3) is 0.533. The Morgan fingerprint density at radius 1 is 1.45 bits per heavy atom. The van der Waals surface area contributed by atoms with Crippen molar-refractivity contribution in [2.75, 3.05) is 23.3 Å². The molecule has 0 spiro atoms. The molecule has 1 aliphatic heterocycles. The predicted molar refractivity (Wildman–Crippen MR) is 79.4 cm³/mol. The molecular weight excluding hydrogens is 257 g/mol. The number of rotatable bonds is 5. The van der Waals surface area contributed by atoms with E-state index in [4.69, 9.17) is 5.73 Å². The van der Waals surface area contributed by atoms with E-state index in [1.807, 2.05) is 11.8 Å². The molecule has 20 heavy (non-hydrogen) atoms. The Labute approximate surface area is 119 Å². The monoisotopic (exact) mass is 279 g/mol. The van der Waals surface area contributed by atoms with E-state index in [9.17, 15) is 9.18 Å². The molecule has 0 radical (unpaired) electrons. The average molecular weight is 279 g/mol.